The third kappa shape index (κ3) is 6.81. The van der Waals surface area contributed by atoms with E-state index in [9.17, 15) is 0 Å². The van der Waals surface area contributed by atoms with E-state index in [1.807, 2.05) is 0 Å². The first-order valence-electron chi connectivity index (χ1n) is 23.4. The summed E-state index contributed by atoms with van der Waals surface area (Å²) in [7, 11) is 0. The Morgan fingerprint density at radius 1 is 0.246 bits per heavy atom. The Kier molecular flexibility index (Phi) is 9.95. The van der Waals surface area contributed by atoms with Crippen LogP contribution in [0, 0.1) is 0 Å². The molecule has 0 amide bonds. The molecule has 0 radical (unpaired) electrons. The molecular weight excluding hydrogens is 899 g/mol. The summed E-state index contributed by atoms with van der Waals surface area (Å²) in [5, 5.41) is 4.58. The fourth-order valence-electron chi connectivity index (χ4n) is 10.7. The summed E-state index contributed by atoms with van der Waals surface area (Å²) in [5.74, 6) is 1.71. The van der Waals surface area contributed by atoms with Crippen molar-refractivity contribution in [2.45, 2.75) is 0 Å². The average molecular weight is 943 g/mol. The van der Waals surface area contributed by atoms with Crippen LogP contribution in [-0.2, 0) is 0 Å². The molecule has 69 heavy (non-hydrogen) atoms. The predicted molar refractivity (Wildman–Crippen MR) is 288 cm³/mol. The predicted octanol–water partition coefficient (Wildman–Crippen LogP) is 12.4. The van der Waals surface area contributed by atoms with Crippen LogP contribution in [0.1, 0.15) is 0 Å². The number of aromatic nitrogens is 5. The molecule has 0 aliphatic rings. The van der Waals surface area contributed by atoms with E-state index in [2.05, 4.69) is 270 Å². The normalized spacial score (nSPS) is 11.8. The Labute approximate surface area is 402 Å². The SMILES string of the molecule is c1ccc(-c2ccc[c]([Ge]([c]3ccccc3)([c]3cccc(-c4ccccc4)c3)[c]3cccc(-c4nc(-n5c6ccccc6c6ccccc65)nc(-n5c6ccccc6c6ccccc65)n4)c3)c2)cc1. The molecule has 3 aromatic heterocycles. The summed E-state index contributed by atoms with van der Waals surface area (Å²) < 4.78 is 9.67. The molecule has 5 nitrogen and oxygen atoms in total. The molecule has 0 unspecified atom stereocenters. The zero-order valence-corrected chi connectivity index (χ0v) is 39.7. The van der Waals surface area contributed by atoms with Gasteiger partial charge in [-0.2, -0.15) is 0 Å². The van der Waals surface area contributed by atoms with Gasteiger partial charge in [-0.15, -0.1) is 0 Å². The fourth-order valence-corrected chi connectivity index (χ4v) is 20.8. The zero-order valence-electron chi connectivity index (χ0n) is 37.6. The van der Waals surface area contributed by atoms with E-state index < -0.39 is 13.3 Å². The molecule has 10 aromatic carbocycles. The van der Waals surface area contributed by atoms with Gasteiger partial charge in [0.15, 0.2) is 0 Å². The van der Waals surface area contributed by atoms with Crippen LogP contribution in [-0.4, -0.2) is 37.4 Å². The Morgan fingerprint density at radius 2 is 0.551 bits per heavy atom. The van der Waals surface area contributed by atoms with E-state index in [1.165, 1.54) is 39.8 Å². The van der Waals surface area contributed by atoms with Crippen LogP contribution in [0.15, 0.2) is 261 Å². The quantitative estimate of drug-likeness (QED) is 0.136. The molecular formula is C63H43GeN5. The summed E-state index contributed by atoms with van der Waals surface area (Å²) >= 11 is -3.98. The van der Waals surface area contributed by atoms with Crippen molar-refractivity contribution in [3.8, 4) is 45.5 Å². The topological polar surface area (TPSA) is 48.5 Å². The van der Waals surface area contributed by atoms with Crippen LogP contribution in [0.4, 0.5) is 0 Å². The van der Waals surface area contributed by atoms with E-state index in [0.29, 0.717) is 17.7 Å². The molecule has 0 fully saturated rings. The van der Waals surface area contributed by atoms with Gasteiger partial charge >= 0.3 is 405 Å². The van der Waals surface area contributed by atoms with E-state index in [-0.39, 0.29) is 0 Å². The van der Waals surface area contributed by atoms with Crippen LogP contribution in [0.5, 0.6) is 0 Å². The van der Waals surface area contributed by atoms with Gasteiger partial charge < -0.3 is 0 Å². The number of nitrogens with zero attached hydrogens (tertiary/aromatic N) is 5. The zero-order chi connectivity index (χ0) is 45.7. The van der Waals surface area contributed by atoms with Crippen molar-refractivity contribution >= 4 is 74.5 Å². The van der Waals surface area contributed by atoms with Gasteiger partial charge in [0.05, 0.1) is 0 Å². The molecule has 324 valence electrons. The average Bonchev–Trinajstić information content (AvgIpc) is 3.95. The van der Waals surface area contributed by atoms with E-state index in [0.717, 1.165) is 49.2 Å². The van der Waals surface area contributed by atoms with E-state index in [4.69, 9.17) is 15.0 Å². The first-order valence-corrected chi connectivity index (χ1v) is 27.6. The first kappa shape index (κ1) is 40.6. The summed E-state index contributed by atoms with van der Waals surface area (Å²) in [6.07, 6.45) is 0. The molecule has 0 bridgehead atoms. The second-order valence-electron chi connectivity index (χ2n) is 17.6. The molecule has 3 heterocycles. The van der Waals surface area contributed by atoms with Crippen molar-refractivity contribution in [1.82, 2.24) is 24.1 Å². The summed E-state index contributed by atoms with van der Waals surface area (Å²) in [6, 6.07) is 94.6. The molecule has 0 saturated carbocycles. The molecule has 0 aliphatic carbocycles. The van der Waals surface area contributed by atoms with Gasteiger partial charge in [0.2, 0.25) is 0 Å². The van der Waals surface area contributed by atoms with Gasteiger partial charge in [-0.1, -0.05) is 0 Å². The van der Waals surface area contributed by atoms with E-state index >= 15 is 0 Å². The van der Waals surface area contributed by atoms with Gasteiger partial charge in [0.25, 0.3) is 0 Å². The Hall–Kier alpha value is -8.65. The van der Waals surface area contributed by atoms with Crippen LogP contribution >= 0.6 is 0 Å². The fraction of sp³-hybridized carbons (Fsp3) is 0. The third-order valence-corrected chi connectivity index (χ3v) is 23.7. The summed E-state index contributed by atoms with van der Waals surface area (Å²) in [6.45, 7) is 0. The van der Waals surface area contributed by atoms with Gasteiger partial charge in [0, 0.05) is 0 Å². The van der Waals surface area contributed by atoms with Crippen molar-refractivity contribution < 1.29 is 0 Å². The number of para-hydroxylation sites is 4. The minimum atomic E-state index is -3.98. The molecule has 0 N–H and O–H groups in total. The van der Waals surface area contributed by atoms with Gasteiger partial charge in [-0.3, -0.25) is 0 Å². The maximum atomic E-state index is 5.51. The number of benzene rings is 10. The van der Waals surface area contributed by atoms with Crippen LogP contribution in [0.2, 0.25) is 0 Å². The van der Waals surface area contributed by atoms with Crippen LogP contribution < -0.4 is 17.6 Å². The maximum absolute atomic E-state index is 5.51. The van der Waals surface area contributed by atoms with Crippen molar-refractivity contribution in [1.29, 1.82) is 0 Å². The molecule has 13 aromatic rings. The standard InChI is InChI=1S/C63H43GeN5/c1-4-21-44(22-5-1)46-25-18-30-50(41-46)64(49-28-8-3-9-29-49,51-31-19-26-47(42-51)45-23-6-2-7-24-45)52-32-20-27-48(43-52)61-65-62(68-57-37-14-10-33-53(57)54-34-11-15-38-58(54)68)67-63(66-61)69-59-39-16-12-35-55(59)56-36-13-17-40-60(56)69/h1-43H. The molecule has 0 spiro atoms. The molecule has 0 aliphatic heterocycles. The number of hydrogen-bond acceptors (Lipinski definition) is 3. The number of hydrogen-bond donors (Lipinski definition) is 0. The van der Waals surface area contributed by atoms with Gasteiger partial charge in [-0.25, -0.2) is 0 Å². The molecule has 0 saturated heterocycles. The van der Waals surface area contributed by atoms with Gasteiger partial charge in [0.1, 0.15) is 0 Å². The van der Waals surface area contributed by atoms with Gasteiger partial charge in [-0.05, 0) is 0 Å². The second-order valence-corrected chi connectivity index (χ2v) is 25.6. The number of rotatable bonds is 9. The van der Waals surface area contributed by atoms with Crippen LogP contribution in [0.25, 0.3) is 89.2 Å². The van der Waals surface area contributed by atoms with E-state index in [1.54, 1.807) is 0 Å². The molecule has 13 rings (SSSR count). The Bertz CT molecular complexity index is 3710. The summed E-state index contributed by atoms with van der Waals surface area (Å²) in [5.41, 5.74) is 9.83. The summed E-state index contributed by atoms with van der Waals surface area (Å²) in [4.78, 5) is 16.5. The first-order chi connectivity index (χ1) is 34.2. The van der Waals surface area contributed by atoms with Crippen molar-refractivity contribution in [3.05, 3.63) is 261 Å². The Morgan fingerprint density at radius 3 is 0.957 bits per heavy atom. The third-order valence-electron chi connectivity index (χ3n) is 13.7. The second kappa shape index (κ2) is 16.9. The van der Waals surface area contributed by atoms with Crippen molar-refractivity contribution in [2.24, 2.45) is 0 Å². The monoisotopic (exact) mass is 943 g/mol. The molecule has 6 heteroatoms. The minimum absolute atomic E-state index is 0.557. The molecule has 0 atom stereocenters. The van der Waals surface area contributed by atoms with Crippen LogP contribution in [0.3, 0.4) is 0 Å². The van der Waals surface area contributed by atoms with Crippen molar-refractivity contribution in [3.63, 3.8) is 0 Å². The Balaban J connectivity index is 1.11. The number of fused-ring (bicyclic) bond motifs is 6. The van der Waals surface area contributed by atoms with Crippen molar-refractivity contribution in [2.75, 3.05) is 0 Å².